The van der Waals surface area contributed by atoms with E-state index in [0.29, 0.717) is 18.5 Å². The number of morpholine rings is 1. The maximum atomic E-state index is 14.2. The van der Waals surface area contributed by atoms with Crippen molar-refractivity contribution < 1.29 is 17.9 Å². The van der Waals surface area contributed by atoms with Crippen LogP contribution in [0.1, 0.15) is 11.7 Å². The summed E-state index contributed by atoms with van der Waals surface area (Å²) in [6.45, 7) is 1.71. The van der Waals surface area contributed by atoms with E-state index < -0.39 is 17.7 Å². The molecule has 2 aromatic rings. The van der Waals surface area contributed by atoms with Crippen LogP contribution in [0.15, 0.2) is 22.8 Å². The second-order valence-corrected chi connectivity index (χ2v) is 4.55. The number of fused-ring (bicyclic) bond motifs is 1. The van der Waals surface area contributed by atoms with Crippen LogP contribution in [0.2, 0.25) is 0 Å². The van der Waals surface area contributed by atoms with E-state index in [1.165, 1.54) is 12.3 Å². The monoisotopic (exact) mass is 253 g/mol. The lowest BCUT2D eigenvalue weighted by atomic mass is 10.0. The van der Waals surface area contributed by atoms with Gasteiger partial charge in [-0.15, -0.1) is 0 Å². The Hall–Kier alpha value is -1.46. The summed E-state index contributed by atoms with van der Waals surface area (Å²) >= 11 is 0. The molecule has 1 aromatic heterocycles. The number of hydrogen-bond acceptors (Lipinski definition) is 3. The Balaban J connectivity index is 2.09. The minimum atomic E-state index is -0.657. The van der Waals surface area contributed by atoms with Gasteiger partial charge in [0.25, 0.3) is 0 Å². The van der Waals surface area contributed by atoms with Gasteiger partial charge in [-0.3, -0.25) is 0 Å². The third-order valence-corrected chi connectivity index (χ3v) is 3.26. The van der Waals surface area contributed by atoms with Crippen molar-refractivity contribution in [2.24, 2.45) is 0 Å². The largest absolute Gasteiger partial charge is 0.461 e. The van der Waals surface area contributed by atoms with Gasteiger partial charge in [-0.1, -0.05) is 0 Å². The average molecular weight is 253 g/mol. The first kappa shape index (κ1) is 11.6. The minimum absolute atomic E-state index is 0.0380. The first-order valence-corrected chi connectivity index (χ1v) is 5.82. The Morgan fingerprint density at radius 3 is 3.00 bits per heavy atom. The quantitative estimate of drug-likeness (QED) is 0.781. The predicted octanol–water partition coefficient (Wildman–Crippen LogP) is 2.71. The van der Waals surface area contributed by atoms with Crippen LogP contribution in [0.3, 0.4) is 0 Å². The van der Waals surface area contributed by atoms with E-state index in [1.54, 1.807) is 6.07 Å². The molecule has 96 valence electrons. The molecule has 1 aliphatic heterocycles. The zero-order valence-electron chi connectivity index (χ0n) is 9.95. The molecule has 1 unspecified atom stereocenters. The zero-order chi connectivity index (χ0) is 12.7. The van der Waals surface area contributed by atoms with Gasteiger partial charge in [0.15, 0.2) is 11.4 Å². The lowest BCUT2D eigenvalue weighted by Crippen LogP contribution is -2.36. The molecule has 0 aliphatic carbocycles. The van der Waals surface area contributed by atoms with Gasteiger partial charge in [-0.05, 0) is 19.2 Å². The minimum Gasteiger partial charge on any atom is -0.461 e. The molecular weight excluding hydrogens is 240 g/mol. The summed E-state index contributed by atoms with van der Waals surface area (Å²) < 4.78 is 38.7. The highest BCUT2D eigenvalue weighted by atomic mass is 19.1. The maximum Gasteiger partial charge on any atom is 0.175 e. The van der Waals surface area contributed by atoms with Crippen molar-refractivity contribution in [3.05, 3.63) is 35.6 Å². The molecule has 2 heterocycles. The van der Waals surface area contributed by atoms with Crippen LogP contribution in [-0.4, -0.2) is 31.6 Å². The van der Waals surface area contributed by atoms with Crippen molar-refractivity contribution in [1.82, 2.24) is 4.90 Å². The molecule has 1 aromatic carbocycles. The van der Waals surface area contributed by atoms with Gasteiger partial charge >= 0.3 is 0 Å². The average Bonchev–Trinajstić information content (AvgIpc) is 2.77. The molecule has 1 aliphatic rings. The summed E-state index contributed by atoms with van der Waals surface area (Å²) in [4.78, 5) is 1.99. The Bertz CT molecular complexity index is 582. The molecule has 1 saturated heterocycles. The van der Waals surface area contributed by atoms with Gasteiger partial charge < -0.3 is 14.1 Å². The zero-order valence-corrected chi connectivity index (χ0v) is 9.95. The molecule has 5 heteroatoms. The van der Waals surface area contributed by atoms with Crippen LogP contribution < -0.4 is 0 Å². The molecule has 0 radical (unpaired) electrons. The summed E-state index contributed by atoms with van der Waals surface area (Å²) in [6, 6.07) is 2.83. The summed E-state index contributed by atoms with van der Waals surface area (Å²) in [5, 5.41) is 0.429. The van der Waals surface area contributed by atoms with Crippen LogP contribution >= 0.6 is 0 Å². The number of ether oxygens (including phenoxy) is 1. The van der Waals surface area contributed by atoms with Crippen molar-refractivity contribution in [3.63, 3.8) is 0 Å². The fraction of sp³-hybridized carbons (Fsp3) is 0.385. The van der Waals surface area contributed by atoms with Gasteiger partial charge in [-0.2, -0.15) is 0 Å². The van der Waals surface area contributed by atoms with Crippen molar-refractivity contribution in [3.8, 4) is 0 Å². The molecular formula is C13H13F2NO2. The van der Waals surface area contributed by atoms with E-state index in [9.17, 15) is 8.78 Å². The second-order valence-electron chi connectivity index (χ2n) is 4.55. The third-order valence-electron chi connectivity index (χ3n) is 3.26. The van der Waals surface area contributed by atoms with Gasteiger partial charge in [0, 0.05) is 18.5 Å². The summed E-state index contributed by atoms with van der Waals surface area (Å²) in [7, 11) is 1.90. The Labute approximate surface area is 103 Å². The van der Waals surface area contributed by atoms with E-state index in [2.05, 4.69) is 0 Å². The number of likely N-dealkylation sites (N-methyl/N-ethyl adjacent to an activating group) is 1. The number of furan rings is 1. The smallest absolute Gasteiger partial charge is 0.175 e. The third kappa shape index (κ3) is 1.79. The SMILES string of the molecule is CN1CCOC(c2c(F)cc3ccoc3c2F)C1. The summed E-state index contributed by atoms with van der Waals surface area (Å²) in [5.74, 6) is -1.24. The maximum absolute atomic E-state index is 14.2. The molecule has 0 amide bonds. The van der Waals surface area contributed by atoms with Gasteiger partial charge in [0.2, 0.25) is 0 Å². The number of hydrogen-bond donors (Lipinski definition) is 0. The number of benzene rings is 1. The molecule has 0 spiro atoms. The lowest BCUT2D eigenvalue weighted by molar-refractivity contribution is -0.0242. The number of rotatable bonds is 1. The second kappa shape index (κ2) is 4.33. The molecule has 1 atom stereocenters. The van der Waals surface area contributed by atoms with E-state index in [4.69, 9.17) is 9.15 Å². The topological polar surface area (TPSA) is 25.6 Å². The van der Waals surface area contributed by atoms with E-state index in [1.807, 2.05) is 11.9 Å². The van der Waals surface area contributed by atoms with E-state index >= 15 is 0 Å². The molecule has 0 saturated carbocycles. The van der Waals surface area contributed by atoms with Crippen molar-refractivity contribution in [2.45, 2.75) is 6.10 Å². The lowest BCUT2D eigenvalue weighted by Gasteiger charge is -2.30. The highest BCUT2D eigenvalue weighted by Crippen LogP contribution is 2.32. The first-order chi connectivity index (χ1) is 8.66. The normalized spacial score (nSPS) is 21.6. The highest BCUT2D eigenvalue weighted by molar-refractivity contribution is 5.78. The van der Waals surface area contributed by atoms with Crippen molar-refractivity contribution >= 4 is 11.0 Å². The molecule has 0 N–H and O–H groups in total. The van der Waals surface area contributed by atoms with Crippen LogP contribution in [0.5, 0.6) is 0 Å². The van der Waals surface area contributed by atoms with Crippen LogP contribution in [0.4, 0.5) is 8.78 Å². The molecule has 3 nitrogen and oxygen atoms in total. The summed E-state index contributed by atoms with van der Waals surface area (Å²) in [5.41, 5.74) is 0.0484. The van der Waals surface area contributed by atoms with E-state index in [-0.39, 0.29) is 11.1 Å². The fourth-order valence-corrected chi connectivity index (χ4v) is 2.30. The molecule has 3 rings (SSSR count). The van der Waals surface area contributed by atoms with Gasteiger partial charge in [-0.25, -0.2) is 8.78 Å². The molecule has 0 bridgehead atoms. The van der Waals surface area contributed by atoms with E-state index in [0.717, 1.165) is 6.54 Å². The standard InChI is InChI=1S/C13H13F2NO2/c1-16-3-5-17-10(7-16)11-9(14)6-8-2-4-18-13(8)12(11)15/h2,4,6,10H,3,5,7H2,1H3. The molecule has 1 fully saturated rings. The Morgan fingerprint density at radius 1 is 1.39 bits per heavy atom. The van der Waals surface area contributed by atoms with Gasteiger partial charge in [0.05, 0.1) is 18.4 Å². The van der Waals surface area contributed by atoms with Crippen LogP contribution in [0.25, 0.3) is 11.0 Å². The Morgan fingerprint density at radius 2 is 2.22 bits per heavy atom. The van der Waals surface area contributed by atoms with Crippen molar-refractivity contribution in [2.75, 3.05) is 26.7 Å². The Kier molecular flexibility index (Phi) is 2.80. The molecule has 18 heavy (non-hydrogen) atoms. The van der Waals surface area contributed by atoms with Crippen LogP contribution in [0, 0.1) is 11.6 Å². The number of nitrogens with zero attached hydrogens (tertiary/aromatic N) is 1. The highest BCUT2D eigenvalue weighted by Gasteiger charge is 2.27. The first-order valence-electron chi connectivity index (χ1n) is 5.82. The summed E-state index contributed by atoms with van der Waals surface area (Å²) in [6.07, 6.45) is 0.767. The number of halogens is 2. The predicted molar refractivity (Wildman–Crippen MR) is 62.3 cm³/mol. The van der Waals surface area contributed by atoms with Gasteiger partial charge in [0.1, 0.15) is 11.9 Å². The fourth-order valence-electron chi connectivity index (χ4n) is 2.30. The van der Waals surface area contributed by atoms with Crippen molar-refractivity contribution in [1.29, 1.82) is 0 Å². The van der Waals surface area contributed by atoms with Crippen LogP contribution in [-0.2, 0) is 4.74 Å².